The first kappa shape index (κ1) is 13.0. The Labute approximate surface area is 102 Å². The zero-order valence-electron chi connectivity index (χ0n) is 10.2. The second-order valence-electron chi connectivity index (χ2n) is 3.78. The van der Waals surface area contributed by atoms with Gasteiger partial charge in [0.1, 0.15) is 5.76 Å². The number of carbonyl (C=O) groups excluding carboxylic acids is 1. The Balaban J connectivity index is 2.95. The molecule has 0 saturated heterocycles. The van der Waals surface area contributed by atoms with Gasteiger partial charge in [-0.15, -0.1) is 0 Å². The lowest BCUT2D eigenvalue weighted by Gasteiger charge is -2.05. The number of allylic oxidation sites excluding steroid dienone is 1. The van der Waals surface area contributed by atoms with E-state index in [0.29, 0.717) is 11.3 Å². The molecule has 0 aliphatic heterocycles. The van der Waals surface area contributed by atoms with Crippen LogP contribution in [0.2, 0.25) is 0 Å². The van der Waals surface area contributed by atoms with E-state index in [9.17, 15) is 4.79 Å². The van der Waals surface area contributed by atoms with Gasteiger partial charge in [0.25, 0.3) is 0 Å². The lowest BCUT2D eigenvalue weighted by molar-refractivity contribution is -0.134. The van der Waals surface area contributed by atoms with Gasteiger partial charge in [-0.3, -0.25) is 0 Å². The van der Waals surface area contributed by atoms with Crippen LogP contribution in [0.1, 0.15) is 18.1 Å². The van der Waals surface area contributed by atoms with Gasteiger partial charge in [-0.05, 0) is 37.1 Å². The molecule has 0 spiro atoms. The lowest BCUT2D eigenvalue weighted by Crippen LogP contribution is -2.03. The molecule has 2 heteroatoms. The molecule has 0 amide bonds. The van der Waals surface area contributed by atoms with E-state index in [1.165, 1.54) is 6.08 Å². The highest BCUT2D eigenvalue weighted by molar-refractivity contribution is 5.88. The predicted molar refractivity (Wildman–Crippen MR) is 70.3 cm³/mol. The van der Waals surface area contributed by atoms with Gasteiger partial charge in [-0.2, -0.15) is 0 Å². The highest BCUT2D eigenvalue weighted by Gasteiger charge is 2.05. The quantitative estimate of drug-likeness (QED) is 0.340. The van der Waals surface area contributed by atoms with Crippen molar-refractivity contribution in [2.75, 3.05) is 0 Å². The summed E-state index contributed by atoms with van der Waals surface area (Å²) in [6.07, 6.45) is 3.29. The molecule has 0 heterocycles. The van der Waals surface area contributed by atoms with Gasteiger partial charge in [0.2, 0.25) is 0 Å². The molecule has 0 fully saturated rings. The van der Waals surface area contributed by atoms with Crippen molar-refractivity contribution in [2.45, 2.75) is 13.8 Å². The van der Waals surface area contributed by atoms with Crippen LogP contribution in [-0.2, 0) is 9.53 Å². The number of carbonyl (C=O) groups is 1. The van der Waals surface area contributed by atoms with Crippen molar-refractivity contribution in [3.63, 3.8) is 0 Å². The third-order valence-corrected chi connectivity index (χ3v) is 2.25. The topological polar surface area (TPSA) is 26.3 Å². The van der Waals surface area contributed by atoms with E-state index in [1.54, 1.807) is 13.0 Å². The number of rotatable bonds is 4. The Morgan fingerprint density at radius 3 is 2.53 bits per heavy atom. The first-order chi connectivity index (χ1) is 8.04. The van der Waals surface area contributed by atoms with E-state index >= 15 is 0 Å². The van der Waals surface area contributed by atoms with Gasteiger partial charge in [0, 0.05) is 5.57 Å². The minimum atomic E-state index is -0.440. The van der Waals surface area contributed by atoms with Crippen molar-refractivity contribution in [1.29, 1.82) is 0 Å². The molecule has 0 N–H and O–H groups in total. The first-order valence-corrected chi connectivity index (χ1v) is 5.32. The van der Waals surface area contributed by atoms with Crippen molar-refractivity contribution in [1.82, 2.24) is 0 Å². The molecular weight excluding hydrogens is 212 g/mol. The maximum atomic E-state index is 11.4. The van der Waals surface area contributed by atoms with E-state index in [2.05, 4.69) is 13.2 Å². The van der Waals surface area contributed by atoms with Crippen LogP contribution >= 0.6 is 0 Å². The molecule has 0 atom stereocenters. The summed E-state index contributed by atoms with van der Waals surface area (Å²) in [5.74, 6) is -0.0166. The second kappa shape index (κ2) is 5.85. The number of benzene rings is 1. The molecule has 0 aliphatic rings. The summed E-state index contributed by atoms with van der Waals surface area (Å²) in [4.78, 5) is 11.4. The fourth-order valence-electron chi connectivity index (χ4n) is 1.23. The third kappa shape index (κ3) is 3.76. The highest BCUT2D eigenvalue weighted by atomic mass is 16.5. The summed E-state index contributed by atoms with van der Waals surface area (Å²) in [7, 11) is 0. The summed E-state index contributed by atoms with van der Waals surface area (Å²) in [5, 5.41) is 0. The zero-order chi connectivity index (χ0) is 12.8. The van der Waals surface area contributed by atoms with Gasteiger partial charge in [-0.1, -0.05) is 37.4 Å². The summed E-state index contributed by atoms with van der Waals surface area (Å²) in [6, 6.07) is 7.83. The fraction of sp³-hybridized carbons (Fsp3) is 0.133. The highest BCUT2D eigenvalue weighted by Crippen LogP contribution is 2.14. The van der Waals surface area contributed by atoms with Crippen LogP contribution in [-0.4, -0.2) is 5.97 Å². The van der Waals surface area contributed by atoms with E-state index < -0.39 is 5.97 Å². The zero-order valence-corrected chi connectivity index (χ0v) is 10.2. The van der Waals surface area contributed by atoms with Crippen LogP contribution in [0.3, 0.4) is 0 Å². The molecular formula is C15H16O2. The van der Waals surface area contributed by atoms with Crippen LogP contribution in [0.25, 0.3) is 6.08 Å². The molecule has 0 aromatic heterocycles. The Morgan fingerprint density at radius 2 is 2.00 bits per heavy atom. The van der Waals surface area contributed by atoms with Gasteiger partial charge < -0.3 is 4.74 Å². The molecule has 0 unspecified atom stereocenters. The van der Waals surface area contributed by atoms with Crippen molar-refractivity contribution in [2.24, 2.45) is 0 Å². The SMILES string of the molecule is C=C/C(=C\c1ccccc1C)OC(=O)C(=C)C. The van der Waals surface area contributed by atoms with Gasteiger partial charge in [-0.25, -0.2) is 4.79 Å². The summed E-state index contributed by atoms with van der Waals surface area (Å²) < 4.78 is 5.12. The molecule has 0 radical (unpaired) electrons. The van der Waals surface area contributed by atoms with E-state index in [4.69, 9.17) is 4.74 Å². The summed E-state index contributed by atoms with van der Waals surface area (Å²) in [5.41, 5.74) is 2.47. The number of esters is 1. The molecule has 1 rings (SSSR count). The molecule has 0 saturated carbocycles. The fourth-order valence-corrected chi connectivity index (χ4v) is 1.23. The predicted octanol–water partition coefficient (Wildman–Crippen LogP) is 3.64. The van der Waals surface area contributed by atoms with Crippen molar-refractivity contribution < 1.29 is 9.53 Å². The molecule has 1 aromatic carbocycles. The van der Waals surface area contributed by atoms with Crippen molar-refractivity contribution >= 4 is 12.0 Å². The third-order valence-electron chi connectivity index (χ3n) is 2.25. The number of hydrogen-bond acceptors (Lipinski definition) is 2. The van der Waals surface area contributed by atoms with Crippen LogP contribution in [0.15, 0.2) is 54.8 Å². The second-order valence-corrected chi connectivity index (χ2v) is 3.78. The monoisotopic (exact) mass is 228 g/mol. The van der Waals surface area contributed by atoms with Gasteiger partial charge in [0.15, 0.2) is 0 Å². The van der Waals surface area contributed by atoms with Crippen LogP contribution in [0.5, 0.6) is 0 Å². The van der Waals surface area contributed by atoms with E-state index in [1.807, 2.05) is 31.2 Å². The Morgan fingerprint density at radius 1 is 1.35 bits per heavy atom. The van der Waals surface area contributed by atoms with Gasteiger partial charge in [0.05, 0.1) is 0 Å². The van der Waals surface area contributed by atoms with Crippen LogP contribution < -0.4 is 0 Å². The average Bonchev–Trinajstić information content (AvgIpc) is 2.30. The Hall–Kier alpha value is -2.09. The van der Waals surface area contributed by atoms with E-state index in [0.717, 1.165) is 11.1 Å². The average molecular weight is 228 g/mol. The van der Waals surface area contributed by atoms with E-state index in [-0.39, 0.29) is 0 Å². The Bertz CT molecular complexity index is 481. The van der Waals surface area contributed by atoms with Crippen molar-refractivity contribution in [3.05, 3.63) is 66.0 Å². The molecule has 2 nitrogen and oxygen atoms in total. The minimum absolute atomic E-state index is 0.363. The molecule has 17 heavy (non-hydrogen) atoms. The molecule has 0 bridgehead atoms. The summed E-state index contributed by atoms with van der Waals surface area (Å²) in [6.45, 7) is 10.8. The van der Waals surface area contributed by atoms with Crippen LogP contribution in [0, 0.1) is 6.92 Å². The maximum absolute atomic E-state index is 11.4. The summed E-state index contributed by atoms with van der Waals surface area (Å²) >= 11 is 0. The maximum Gasteiger partial charge on any atom is 0.338 e. The normalized spacial score (nSPS) is 10.8. The molecule has 0 aliphatic carbocycles. The standard InChI is InChI=1S/C15H16O2/c1-5-14(17-15(16)11(2)3)10-13-9-7-6-8-12(13)4/h5-10H,1-2H2,3-4H3/b14-10+. The smallest absolute Gasteiger partial charge is 0.338 e. The van der Waals surface area contributed by atoms with Gasteiger partial charge >= 0.3 is 5.97 Å². The largest absolute Gasteiger partial charge is 0.423 e. The number of ether oxygens (including phenoxy) is 1. The first-order valence-electron chi connectivity index (χ1n) is 5.32. The van der Waals surface area contributed by atoms with Crippen molar-refractivity contribution in [3.8, 4) is 0 Å². The molecule has 1 aromatic rings. The number of aryl methyl sites for hydroxylation is 1. The lowest BCUT2D eigenvalue weighted by atomic mass is 10.1. The molecule has 88 valence electrons. The van der Waals surface area contributed by atoms with Crippen LogP contribution in [0.4, 0.5) is 0 Å². The number of hydrogen-bond donors (Lipinski definition) is 0. The minimum Gasteiger partial charge on any atom is -0.423 e. The Kier molecular flexibility index (Phi) is 4.46.